The summed E-state index contributed by atoms with van der Waals surface area (Å²) in [6.07, 6.45) is 0. The van der Waals surface area contributed by atoms with Crippen molar-refractivity contribution in [1.82, 2.24) is 5.32 Å². The van der Waals surface area contributed by atoms with Gasteiger partial charge < -0.3 is 14.2 Å². The maximum Gasteiger partial charge on any atom is 0.326 e. The Morgan fingerprint density at radius 2 is 1.47 bits per heavy atom. The molecule has 0 aromatic heterocycles. The van der Waals surface area contributed by atoms with Crippen molar-refractivity contribution in [2.45, 2.75) is 38.8 Å². The molecular formula is C25H29NO6. The number of rotatable bonds is 7. The molecule has 1 heterocycles. The third kappa shape index (κ3) is 3.88. The molecule has 1 saturated heterocycles. The van der Waals surface area contributed by atoms with E-state index in [4.69, 9.17) is 14.2 Å². The van der Waals surface area contributed by atoms with Crippen LogP contribution in [-0.4, -0.2) is 44.3 Å². The van der Waals surface area contributed by atoms with Crippen LogP contribution in [0.4, 0.5) is 0 Å². The standard InChI is InChI=1S/C25H29NO6/c1-5-31-23(28)25(24(29)32-6-2)19(17-13-8-7-9-14-17)20(22(27)30-4)26-21(25)18-15-11-10-12-16(18)3/h7-15,19-21,26H,5-6H2,1-4H3/t19-,20+,21+/m1/s1. The SMILES string of the molecule is CCOC(=O)C1(C(=O)OCC)[C@H](c2ccccc2)[C@@H](C(=O)OC)N[C@H]1c1ccccc1C. The molecule has 0 bridgehead atoms. The molecule has 1 N–H and O–H groups in total. The van der Waals surface area contributed by atoms with Crippen LogP contribution >= 0.6 is 0 Å². The Labute approximate surface area is 188 Å². The second-order valence-corrected chi connectivity index (χ2v) is 7.66. The summed E-state index contributed by atoms with van der Waals surface area (Å²) >= 11 is 0. The van der Waals surface area contributed by atoms with Crippen molar-refractivity contribution in [2.75, 3.05) is 20.3 Å². The summed E-state index contributed by atoms with van der Waals surface area (Å²) in [5.41, 5.74) is 0.368. The number of hydrogen-bond donors (Lipinski definition) is 1. The van der Waals surface area contributed by atoms with E-state index in [1.165, 1.54) is 7.11 Å². The van der Waals surface area contributed by atoms with E-state index in [2.05, 4.69) is 5.32 Å². The maximum absolute atomic E-state index is 13.7. The van der Waals surface area contributed by atoms with Crippen LogP contribution in [0.2, 0.25) is 0 Å². The molecule has 1 fully saturated rings. The number of ether oxygens (including phenoxy) is 3. The van der Waals surface area contributed by atoms with Gasteiger partial charge in [-0.1, -0.05) is 54.6 Å². The van der Waals surface area contributed by atoms with Crippen molar-refractivity contribution < 1.29 is 28.6 Å². The van der Waals surface area contributed by atoms with Gasteiger partial charge in [0.2, 0.25) is 0 Å². The smallest absolute Gasteiger partial charge is 0.326 e. The minimum Gasteiger partial charge on any atom is -0.468 e. The number of carbonyl (C=O) groups excluding carboxylic acids is 3. The van der Waals surface area contributed by atoms with Crippen LogP contribution in [0.3, 0.4) is 0 Å². The van der Waals surface area contributed by atoms with E-state index < -0.39 is 41.3 Å². The van der Waals surface area contributed by atoms with Crippen molar-refractivity contribution in [2.24, 2.45) is 5.41 Å². The minimum absolute atomic E-state index is 0.0743. The molecule has 2 aromatic rings. The van der Waals surface area contributed by atoms with Crippen molar-refractivity contribution in [1.29, 1.82) is 0 Å². The summed E-state index contributed by atoms with van der Waals surface area (Å²) in [6, 6.07) is 14.6. The van der Waals surface area contributed by atoms with Crippen LogP contribution in [-0.2, 0) is 28.6 Å². The third-order valence-corrected chi connectivity index (χ3v) is 5.97. The molecule has 0 unspecified atom stereocenters. The number of carbonyl (C=O) groups is 3. The maximum atomic E-state index is 13.7. The van der Waals surface area contributed by atoms with Gasteiger partial charge >= 0.3 is 17.9 Å². The number of aryl methyl sites for hydroxylation is 1. The zero-order valence-corrected chi connectivity index (χ0v) is 18.8. The van der Waals surface area contributed by atoms with E-state index in [9.17, 15) is 14.4 Å². The summed E-state index contributed by atoms with van der Waals surface area (Å²) < 4.78 is 16.0. The summed E-state index contributed by atoms with van der Waals surface area (Å²) in [4.78, 5) is 40.3. The Morgan fingerprint density at radius 3 is 2.00 bits per heavy atom. The Hall–Kier alpha value is -3.19. The average Bonchev–Trinajstić information content (AvgIpc) is 3.16. The monoisotopic (exact) mass is 439 g/mol. The number of esters is 3. The highest BCUT2D eigenvalue weighted by molar-refractivity contribution is 6.04. The van der Waals surface area contributed by atoms with Crippen LogP contribution in [0, 0.1) is 12.3 Å². The Morgan fingerprint density at radius 1 is 0.906 bits per heavy atom. The minimum atomic E-state index is -1.83. The number of hydrogen-bond acceptors (Lipinski definition) is 7. The lowest BCUT2D eigenvalue weighted by Crippen LogP contribution is -2.49. The summed E-state index contributed by atoms with van der Waals surface area (Å²) in [5.74, 6) is -2.95. The summed E-state index contributed by atoms with van der Waals surface area (Å²) in [5, 5.41) is 3.24. The van der Waals surface area contributed by atoms with Crippen LogP contribution in [0.1, 0.15) is 42.5 Å². The Kier molecular flexibility index (Phi) is 7.30. The van der Waals surface area contributed by atoms with Gasteiger partial charge in [0.05, 0.1) is 26.4 Å². The van der Waals surface area contributed by atoms with Crippen molar-refractivity contribution in [3.63, 3.8) is 0 Å². The van der Waals surface area contributed by atoms with Crippen LogP contribution in [0.25, 0.3) is 0 Å². The first-order chi connectivity index (χ1) is 15.4. The van der Waals surface area contributed by atoms with Gasteiger partial charge in [-0.3, -0.25) is 19.7 Å². The number of benzene rings is 2. The fraction of sp³-hybridized carbons (Fsp3) is 0.400. The normalized spacial score (nSPS) is 21.6. The van der Waals surface area contributed by atoms with Crippen LogP contribution < -0.4 is 5.32 Å². The molecule has 7 nitrogen and oxygen atoms in total. The van der Waals surface area contributed by atoms with E-state index in [1.54, 1.807) is 38.1 Å². The van der Waals surface area contributed by atoms with Crippen LogP contribution in [0.15, 0.2) is 54.6 Å². The largest absolute Gasteiger partial charge is 0.468 e. The second kappa shape index (κ2) is 9.96. The molecule has 0 aliphatic carbocycles. The molecule has 0 radical (unpaired) electrons. The quantitative estimate of drug-likeness (QED) is 0.403. The van der Waals surface area contributed by atoms with Gasteiger partial charge in [0.25, 0.3) is 0 Å². The fourth-order valence-corrected chi connectivity index (χ4v) is 4.62. The fourth-order valence-electron chi connectivity index (χ4n) is 4.62. The highest BCUT2D eigenvalue weighted by atomic mass is 16.6. The highest BCUT2D eigenvalue weighted by Crippen LogP contribution is 2.55. The molecule has 2 aromatic carbocycles. The first-order valence-electron chi connectivity index (χ1n) is 10.7. The zero-order valence-electron chi connectivity index (χ0n) is 18.8. The first-order valence-corrected chi connectivity index (χ1v) is 10.7. The molecule has 7 heteroatoms. The Balaban J connectivity index is 2.37. The average molecular weight is 440 g/mol. The van der Waals surface area contributed by atoms with Crippen molar-refractivity contribution in [3.8, 4) is 0 Å². The van der Waals surface area contributed by atoms with E-state index in [0.717, 1.165) is 5.56 Å². The van der Waals surface area contributed by atoms with E-state index in [-0.39, 0.29) is 13.2 Å². The molecule has 1 aliphatic heterocycles. The first kappa shape index (κ1) is 23.5. The second-order valence-electron chi connectivity index (χ2n) is 7.66. The van der Waals surface area contributed by atoms with Crippen LogP contribution in [0.5, 0.6) is 0 Å². The lowest BCUT2D eigenvalue weighted by Gasteiger charge is -2.36. The summed E-state index contributed by atoms with van der Waals surface area (Å²) in [7, 11) is 1.28. The topological polar surface area (TPSA) is 90.9 Å². The van der Waals surface area contributed by atoms with Gasteiger partial charge in [-0.2, -0.15) is 0 Å². The lowest BCUT2D eigenvalue weighted by molar-refractivity contribution is -0.174. The van der Waals surface area contributed by atoms with E-state index >= 15 is 0 Å². The third-order valence-electron chi connectivity index (χ3n) is 5.97. The molecule has 0 spiro atoms. The number of nitrogens with one attached hydrogen (secondary N) is 1. The highest BCUT2D eigenvalue weighted by Gasteiger charge is 2.69. The molecule has 1 aliphatic rings. The summed E-state index contributed by atoms with van der Waals surface area (Å²) in [6.45, 7) is 5.39. The molecule has 3 atom stereocenters. The van der Waals surface area contributed by atoms with E-state index in [0.29, 0.717) is 11.1 Å². The zero-order chi connectivity index (χ0) is 23.3. The van der Waals surface area contributed by atoms with Crippen molar-refractivity contribution in [3.05, 3.63) is 71.3 Å². The molecule has 170 valence electrons. The predicted molar refractivity (Wildman–Crippen MR) is 118 cm³/mol. The molecule has 0 saturated carbocycles. The number of methoxy groups -OCH3 is 1. The van der Waals surface area contributed by atoms with Gasteiger partial charge in [0, 0.05) is 5.92 Å². The van der Waals surface area contributed by atoms with Gasteiger partial charge in [-0.05, 0) is 37.5 Å². The molecule has 0 amide bonds. The van der Waals surface area contributed by atoms with E-state index in [1.807, 2.05) is 37.3 Å². The lowest BCUT2D eigenvalue weighted by atomic mass is 9.66. The van der Waals surface area contributed by atoms with Gasteiger partial charge in [-0.25, -0.2) is 0 Å². The Bertz CT molecular complexity index is 955. The molecular weight excluding hydrogens is 410 g/mol. The van der Waals surface area contributed by atoms with Crippen molar-refractivity contribution >= 4 is 17.9 Å². The van der Waals surface area contributed by atoms with Gasteiger partial charge in [0.1, 0.15) is 6.04 Å². The molecule has 3 rings (SSSR count). The molecule has 32 heavy (non-hydrogen) atoms. The van der Waals surface area contributed by atoms with Gasteiger partial charge in [-0.15, -0.1) is 0 Å². The van der Waals surface area contributed by atoms with Gasteiger partial charge in [0.15, 0.2) is 5.41 Å². The predicted octanol–water partition coefficient (Wildman–Crippen LogP) is 3.08.